The highest BCUT2D eigenvalue weighted by molar-refractivity contribution is 7.91. The summed E-state index contributed by atoms with van der Waals surface area (Å²) >= 11 is 0. The van der Waals surface area contributed by atoms with Gasteiger partial charge in [-0.25, -0.2) is 8.42 Å². The molecule has 2 aromatic carbocycles. The van der Waals surface area contributed by atoms with Gasteiger partial charge in [0.05, 0.1) is 4.90 Å². The summed E-state index contributed by atoms with van der Waals surface area (Å²) in [6, 6.07) is 9.54. The molecule has 0 aliphatic rings. The van der Waals surface area contributed by atoms with E-state index in [4.69, 9.17) is 5.11 Å². The van der Waals surface area contributed by atoms with Crippen LogP contribution in [0.25, 0.3) is 0 Å². The van der Waals surface area contributed by atoms with Crippen molar-refractivity contribution in [3.8, 4) is 17.2 Å². The number of hydrogen-bond donors (Lipinski definition) is 3. The number of hydrogen-bond acceptors (Lipinski definition) is 5. The Balaban J connectivity index is 2.67. The maximum absolute atomic E-state index is 12.2. The predicted molar refractivity (Wildman–Crippen MR) is 63.3 cm³/mol. The van der Waals surface area contributed by atoms with E-state index in [1.807, 2.05) is 0 Å². The van der Waals surface area contributed by atoms with Gasteiger partial charge in [0.1, 0.15) is 4.90 Å². The zero-order valence-electron chi connectivity index (χ0n) is 9.11. The molecule has 94 valence electrons. The van der Waals surface area contributed by atoms with Crippen LogP contribution >= 0.6 is 0 Å². The molecule has 0 aromatic heterocycles. The Morgan fingerprint density at radius 3 is 2.00 bits per heavy atom. The van der Waals surface area contributed by atoms with Crippen LogP contribution in [-0.4, -0.2) is 23.7 Å². The SMILES string of the molecule is O=S(=O)(c1ccccc1)c1ccc(O)c(O)c1O. The van der Waals surface area contributed by atoms with E-state index in [2.05, 4.69) is 0 Å². The normalized spacial score (nSPS) is 11.3. The van der Waals surface area contributed by atoms with Crippen molar-refractivity contribution in [3.05, 3.63) is 42.5 Å². The van der Waals surface area contributed by atoms with Crippen LogP contribution in [0.4, 0.5) is 0 Å². The summed E-state index contributed by atoms with van der Waals surface area (Å²) in [4.78, 5) is -0.464. The monoisotopic (exact) mass is 266 g/mol. The molecule has 5 nitrogen and oxygen atoms in total. The smallest absolute Gasteiger partial charge is 0.210 e. The van der Waals surface area contributed by atoms with Gasteiger partial charge in [-0.3, -0.25) is 0 Å². The van der Waals surface area contributed by atoms with E-state index < -0.39 is 32.0 Å². The Labute approximate surface area is 103 Å². The molecule has 2 rings (SSSR count). The minimum absolute atomic E-state index is 0.00890. The topological polar surface area (TPSA) is 94.8 Å². The highest BCUT2D eigenvalue weighted by Gasteiger charge is 2.24. The summed E-state index contributed by atoms with van der Waals surface area (Å²) < 4.78 is 24.3. The average Bonchev–Trinajstić information content (AvgIpc) is 2.37. The fourth-order valence-corrected chi connectivity index (χ4v) is 2.86. The van der Waals surface area contributed by atoms with Crippen LogP contribution in [0.15, 0.2) is 52.3 Å². The molecule has 0 saturated heterocycles. The summed E-state index contributed by atoms with van der Waals surface area (Å²) in [7, 11) is -3.93. The molecule has 0 atom stereocenters. The average molecular weight is 266 g/mol. The minimum Gasteiger partial charge on any atom is -0.504 e. The minimum atomic E-state index is -3.93. The maximum Gasteiger partial charge on any atom is 0.210 e. The number of benzene rings is 2. The predicted octanol–water partition coefficient (Wildman–Crippen LogP) is 1.64. The van der Waals surface area contributed by atoms with E-state index in [1.54, 1.807) is 18.2 Å². The van der Waals surface area contributed by atoms with E-state index in [-0.39, 0.29) is 4.90 Å². The summed E-state index contributed by atoms with van der Waals surface area (Å²) in [6.07, 6.45) is 0. The van der Waals surface area contributed by atoms with Crippen LogP contribution in [0, 0.1) is 0 Å². The van der Waals surface area contributed by atoms with Gasteiger partial charge < -0.3 is 15.3 Å². The van der Waals surface area contributed by atoms with Crippen LogP contribution in [-0.2, 0) is 9.84 Å². The summed E-state index contributed by atoms with van der Waals surface area (Å²) in [5.41, 5.74) is 0. The van der Waals surface area contributed by atoms with Crippen molar-refractivity contribution in [2.24, 2.45) is 0 Å². The van der Waals surface area contributed by atoms with Crippen molar-refractivity contribution in [2.45, 2.75) is 9.79 Å². The molecule has 0 aliphatic carbocycles. The molecule has 0 unspecified atom stereocenters. The van der Waals surface area contributed by atoms with Gasteiger partial charge in [0.2, 0.25) is 15.6 Å². The summed E-state index contributed by atoms with van der Waals surface area (Å²) in [5.74, 6) is -2.30. The van der Waals surface area contributed by atoms with Crippen molar-refractivity contribution in [2.75, 3.05) is 0 Å². The largest absolute Gasteiger partial charge is 0.504 e. The second kappa shape index (κ2) is 4.23. The summed E-state index contributed by atoms with van der Waals surface area (Å²) in [6.45, 7) is 0. The molecule has 0 bridgehead atoms. The molecular weight excluding hydrogens is 256 g/mol. The molecule has 0 spiro atoms. The molecule has 0 radical (unpaired) electrons. The van der Waals surface area contributed by atoms with E-state index in [9.17, 15) is 18.6 Å². The third-order valence-corrected chi connectivity index (χ3v) is 4.24. The maximum atomic E-state index is 12.2. The lowest BCUT2D eigenvalue weighted by atomic mass is 10.3. The number of sulfone groups is 1. The standard InChI is InChI=1S/C12H10O5S/c13-9-6-7-10(12(15)11(9)14)18(16,17)8-4-2-1-3-5-8/h1-7,13-15H. The van der Waals surface area contributed by atoms with Gasteiger partial charge in [-0.15, -0.1) is 0 Å². The Hall–Kier alpha value is -2.21. The van der Waals surface area contributed by atoms with Crippen LogP contribution in [0.2, 0.25) is 0 Å². The Morgan fingerprint density at radius 1 is 0.778 bits per heavy atom. The van der Waals surface area contributed by atoms with Crippen LogP contribution in [0.1, 0.15) is 0 Å². The molecule has 2 aromatic rings. The zero-order chi connectivity index (χ0) is 13.3. The van der Waals surface area contributed by atoms with Crippen molar-refractivity contribution in [1.29, 1.82) is 0 Å². The molecule has 0 fully saturated rings. The van der Waals surface area contributed by atoms with E-state index >= 15 is 0 Å². The Morgan fingerprint density at radius 2 is 1.39 bits per heavy atom. The third-order valence-electron chi connectivity index (χ3n) is 2.44. The van der Waals surface area contributed by atoms with Crippen molar-refractivity contribution >= 4 is 9.84 Å². The summed E-state index contributed by atoms with van der Waals surface area (Å²) in [5, 5.41) is 28.1. The first-order chi connectivity index (χ1) is 8.44. The molecule has 3 N–H and O–H groups in total. The lowest BCUT2D eigenvalue weighted by molar-refractivity contribution is 0.360. The van der Waals surface area contributed by atoms with E-state index in [0.717, 1.165) is 12.1 Å². The second-order valence-corrected chi connectivity index (χ2v) is 5.51. The molecule has 0 saturated carbocycles. The van der Waals surface area contributed by atoms with Gasteiger partial charge in [-0.2, -0.15) is 0 Å². The molecule has 0 amide bonds. The number of rotatable bonds is 2. The van der Waals surface area contributed by atoms with Gasteiger partial charge in [0.15, 0.2) is 11.5 Å². The zero-order valence-corrected chi connectivity index (χ0v) is 9.92. The number of phenols is 3. The van der Waals surface area contributed by atoms with Gasteiger partial charge in [-0.1, -0.05) is 18.2 Å². The fourth-order valence-electron chi connectivity index (χ4n) is 1.49. The highest BCUT2D eigenvalue weighted by atomic mass is 32.2. The van der Waals surface area contributed by atoms with E-state index in [1.165, 1.54) is 12.1 Å². The van der Waals surface area contributed by atoms with Crippen LogP contribution in [0.5, 0.6) is 17.2 Å². The fraction of sp³-hybridized carbons (Fsp3) is 0. The van der Waals surface area contributed by atoms with E-state index in [0.29, 0.717) is 0 Å². The van der Waals surface area contributed by atoms with Gasteiger partial charge in [0.25, 0.3) is 0 Å². The Bertz CT molecular complexity index is 677. The van der Waals surface area contributed by atoms with Gasteiger partial charge in [-0.05, 0) is 24.3 Å². The molecule has 6 heteroatoms. The lowest BCUT2D eigenvalue weighted by Gasteiger charge is -2.08. The first kappa shape index (κ1) is 12.3. The lowest BCUT2D eigenvalue weighted by Crippen LogP contribution is -2.02. The van der Waals surface area contributed by atoms with Crippen LogP contribution < -0.4 is 0 Å². The van der Waals surface area contributed by atoms with Gasteiger partial charge >= 0.3 is 0 Å². The quantitative estimate of drug-likeness (QED) is 0.718. The van der Waals surface area contributed by atoms with Crippen LogP contribution in [0.3, 0.4) is 0 Å². The number of aromatic hydroxyl groups is 3. The first-order valence-electron chi connectivity index (χ1n) is 4.98. The molecule has 0 aliphatic heterocycles. The van der Waals surface area contributed by atoms with Crippen molar-refractivity contribution < 1.29 is 23.7 Å². The highest BCUT2D eigenvalue weighted by Crippen LogP contribution is 2.40. The third kappa shape index (κ3) is 1.86. The molecule has 18 heavy (non-hydrogen) atoms. The second-order valence-electron chi connectivity index (χ2n) is 3.60. The van der Waals surface area contributed by atoms with Crippen molar-refractivity contribution in [1.82, 2.24) is 0 Å². The van der Waals surface area contributed by atoms with Gasteiger partial charge in [0, 0.05) is 0 Å². The molecule has 0 heterocycles. The molecular formula is C12H10O5S. The number of phenolic OH excluding ortho intramolecular Hbond substituents is 3. The van der Waals surface area contributed by atoms with Crippen molar-refractivity contribution in [3.63, 3.8) is 0 Å². The first-order valence-corrected chi connectivity index (χ1v) is 6.47. The Kier molecular flexibility index (Phi) is 2.88.